The van der Waals surface area contributed by atoms with Crippen molar-refractivity contribution >= 4 is 5.71 Å². The van der Waals surface area contributed by atoms with E-state index in [1.54, 1.807) is 0 Å². The minimum atomic E-state index is 0.254. The average molecular weight is 211 g/mol. The molecule has 2 nitrogen and oxygen atoms in total. The van der Waals surface area contributed by atoms with E-state index in [2.05, 4.69) is 45.7 Å². The van der Waals surface area contributed by atoms with Crippen molar-refractivity contribution in [2.24, 2.45) is 10.9 Å². The standard InChI is InChI=1S/C13H25NO/c1-6-12(9-15)8-13(7-10(2)3)14-11(4)5/h7,11-12,15H,6,8-9H2,1-5H3. The summed E-state index contributed by atoms with van der Waals surface area (Å²) < 4.78 is 0. The van der Waals surface area contributed by atoms with Crippen molar-refractivity contribution in [2.45, 2.75) is 53.5 Å². The molecule has 88 valence electrons. The summed E-state index contributed by atoms with van der Waals surface area (Å²) in [5.41, 5.74) is 2.38. The van der Waals surface area contributed by atoms with Crippen LogP contribution in [-0.2, 0) is 0 Å². The fraction of sp³-hybridized carbons (Fsp3) is 0.769. The Labute approximate surface area is 94.1 Å². The van der Waals surface area contributed by atoms with Crippen LogP contribution in [0.15, 0.2) is 16.6 Å². The first-order valence-electron chi connectivity index (χ1n) is 5.82. The number of hydrogen-bond acceptors (Lipinski definition) is 2. The van der Waals surface area contributed by atoms with Crippen LogP contribution < -0.4 is 0 Å². The van der Waals surface area contributed by atoms with E-state index in [1.165, 1.54) is 5.57 Å². The zero-order valence-electron chi connectivity index (χ0n) is 10.7. The van der Waals surface area contributed by atoms with Crippen LogP contribution in [0.1, 0.15) is 47.5 Å². The zero-order chi connectivity index (χ0) is 11.8. The van der Waals surface area contributed by atoms with Crippen LogP contribution in [0.25, 0.3) is 0 Å². The van der Waals surface area contributed by atoms with E-state index in [1.807, 2.05) is 0 Å². The van der Waals surface area contributed by atoms with E-state index in [0.29, 0.717) is 12.0 Å². The van der Waals surface area contributed by atoms with E-state index < -0.39 is 0 Å². The van der Waals surface area contributed by atoms with Crippen LogP contribution in [0.3, 0.4) is 0 Å². The molecule has 0 fully saturated rings. The quantitative estimate of drug-likeness (QED) is 0.672. The van der Waals surface area contributed by atoms with E-state index in [-0.39, 0.29) is 6.61 Å². The van der Waals surface area contributed by atoms with Crippen LogP contribution >= 0.6 is 0 Å². The second-order valence-corrected chi connectivity index (χ2v) is 4.60. The molecule has 1 atom stereocenters. The van der Waals surface area contributed by atoms with Gasteiger partial charge in [-0.05, 0) is 46.1 Å². The topological polar surface area (TPSA) is 32.6 Å². The van der Waals surface area contributed by atoms with Gasteiger partial charge in [0.1, 0.15) is 0 Å². The lowest BCUT2D eigenvalue weighted by Gasteiger charge is -2.12. The summed E-state index contributed by atoms with van der Waals surface area (Å²) in [7, 11) is 0. The normalized spacial score (nSPS) is 14.2. The molecule has 1 unspecified atom stereocenters. The lowest BCUT2D eigenvalue weighted by molar-refractivity contribution is 0.227. The molecule has 0 radical (unpaired) electrons. The summed E-state index contributed by atoms with van der Waals surface area (Å²) in [6.07, 6.45) is 4.01. The molecule has 2 heteroatoms. The molecule has 0 aromatic carbocycles. The van der Waals surface area contributed by atoms with Crippen LogP contribution in [-0.4, -0.2) is 23.5 Å². The first-order chi connectivity index (χ1) is 6.99. The second-order valence-electron chi connectivity index (χ2n) is 4.60. The highest BCUT2D eigenvalue weighted by molar-refractivity contribution is 5.95. The van der Waals surface area contributed by atoms with Gasteiger partial charge in [-0.3, -0.25) is 4.99 Å². The Morgan fingerprint density at radius 2 is 1.93 bits per heavy atom. The van der Waals surface area contributed by atoms with Crippen molar-refractivity contribution < 1.29 is 5.11 Å². The van der Waals surface area contributed by atoms with Gasteiger partial charge in [-0.1, -0.05) is 18.9 Å². The molecular weight excluding hydrogens is 186 g/mol. The van der Waals surface area contributed by atoms with Gasteiger partial charge in [0, 0.05) is 18.4 Å². The van der Waals surface area contributed by atoms with Gasteiger partial charge in [0.25, 0.3) is 0 Å². The third-order valence-electron chi connectivity index (χ3n) is 2.21. The van der Waals surface area contributed by atoms with Gasteiger partial charge < -0.3 is 5.11 Å². The lowest BCUT2D eigenvalue weighted by Crippen LogP contribution is -2.12. The Morgan fingerprint density at radius 3 is 2.27 bits per heavy atom. The highest BCUT2D eigenvalue weighted by atomic mass is 16.3. The van der Waals surface area contributed by atoms with Crippen LogP contribution in [0.5, 0.6) is 0 Å². The molecule has 15 heavy (non-hydrogen) atoms. The summed E-state index contributed by atoms with van der Waals surface area (Å²) in [6.45, 7) is 10.7. The van der Waals surface area contributed by atoms with E-state index >= 15 is 0 Å². The minimum absolute atomic E-state index is 0.254. The molecule has 0 aliphatic heterocycles. The van der Waals surface area contributed by atoms with Crippen LogP contribution in [0.2, 0.25) is 0 Å². The molecule has 0 rings (SSSR count). The number of allylic oxidation sites excluding steroid dienone is 2. The van der Waals surface area contributed by atoms with E-state index in [0.717, 1.165) is 18.6 Å². The number of hydrogen-bond donors (Lipinski definition) is 1. The molecule has 0 amide bonds. The predicted molar refractivity (Wildman–Crippen MR) is 67.5 cm³/mol. The Hall–Kier alpha value is -0.630. The second kappa shape index (κ2) is 7.63. The third-order valence-corrected chi connectivity index (χ3v) is 2.21. The SMILES string of the molecule is CCC(CO)CC(C=C(C)C)=NC(C)C. The first-order valence-corrected chi connectivity index (χ1v) is 5.82. The molecule has 0 bridgehead atoms. The summed E-state index contributed by atoms with van der Waals surface area (Å²) in [5.74, 6) is 0.345. The molecule has 0 aliphatic carbocycles. The molecule has 1 N–H and O–H groups in total. The summed E-state index contributed by atoms with van der Waals surface area (Å²) >= 11 is 0. The number of aliphatic imine (C=N–C) groups is 1. The first kappa shape index (κ1) is 14.4. The smallest absolute Gasteiger partial charge is 0.0462 e. The van der Waals surface area contributed by atoms with E-state index in [4.69, 9.17) is 5.11 Å². The van der Waals surface area contributed by atoms with Crippen molar-refractivity contribution in [3.05, 3.63) is 11.6 Å². The molecule has 0 aromatic rings. The van der Waals surface area contributed by atoms with Crippen molar-refractivity contribution in [2.75, 3.05) is 6.61 Å². The maximum Gasteiger partial charge on any atom is 0.0462 e. The van der Waals surface area contributed by atoms with Crippen molar-refractivity contribution in [1.82, 2.24) is 0 Å². The molecular formula is C13H25NO. The van der Waals surface area contributed by atoms with Crippen LogP contribution in [0, 0.1) is 5.92 Å². The Balaban J connectivity index is 4.58. The van der Waals surface area contributed by atoms with Crippen molar-refractivity contribution in [3.8, 4) is 0 Å². The van der Waals surface area contributed by atoms with Gasteiger partial charge in [-0.2, -0.15) is 0 Å². The van der Waals surface area contributed by atoms with Crippen molar-refractivity contribution in [1.29, 1.82) is 0 Å². The maximum absolute atomic E-state index is 9.17. The number of nitrogens with zero attached hydrogens (tertiary/aromatic N) is 1. The van der Waals surface area contributed by atoms with Gasteiger partial charge in [0.15, 0.2) is 0 Å². The molecule has 0 saturated heterocycles. The highest BCUT2D eigenvalue weighted by Gasteiger charge is 2.08. The number of aliphatic hydroxyl groups excluding tert-OH is 1. The van der Waals surface area contributed by atoms with E-state index in [9.17, 15) is 0 Å². The van der Waals surface area contributed by atoms with Gasteiger partial charge in [0.05, 0.1) is 0 Å². The Kier molecular flexibility index (Phi) is 7.31. The summed E-state index contributed by atoms with van der Waals surface area (Å²) in [4.78, 5) is 4.58. The number of rotatable bonds is 6. The third kappa shape index (κ3) is 7.32. The minimum Gasteiger partial charge on any atom is -0.396 e. The highest BCUT2D eigenvalue weighted by Crippen LogP contribution is 2.11. The van der Waals surface area contributed by atoms with Gasteiger partial charge in [-0.15, -0.1) is 0 Å². The fourth-order valence-electron chi connectivity index (χ4n) is 1.45. The number of aliphatic hydroxyl groups is 1. The maximum atomic E-state index is 9.17. The fourth-order valence-corrected chi connectivity index (χ4v) is 1.45. The molecule has 0 heterocycles. The monoisotopic (exact) mass is 211 g/mol. The molecule has 0 spiro atoms. The molecule has 0 saturated carbocycles. The van der Waals surface area contributed by atoms with Crippen molar-refractivity contribution in [3.63, 3.8) is 0 Å². The lowest BCUT2D eigenvalue weighted by atomic mass is 9.99. The van der Waals surface area contributed by atoms with Gasteiger partial charge in [-0.25, -0.2) is 0 Å². The van der Waals surface area contributed by atoms with Gasteiger partial charge in [0.2, 0.25) is 0 Å². The molecule has 0 aromatic heterocycles. The largest absolute Gasteiger partial charge is 0.396 e. The summed E-state index contributed by atoms with van der Waals surface area (Å²) in [6, 6.07) is 0.326. The molecule has 0 aliphatic rings. The average Bonchev–Trinajstić information content (AvgIpc) is 2.11. The Bertz CT molecular complexity index is 221. The Morgan fingerprint density at radius 1 is 1.33 bits per heavy atom. The predicted octanol–water partition coefficient (Wildman–Crippen LogP) is 3.21. The zero-order valence-corrected chi connectivity index (χ0v) is 10.7. The van der Waals surface area contributed by atoms with Gasteiger partial charge >= 0.3 is 0 Å². The summed E-state index contributed by atoms with van der Waals surface area (Å²) in [5, 5.41) is 9.17. The van der Waals surface area contributed by atoms with Crippen LogP contribution in [0.4, 0.5) is 0 Å².